The zero-order chi connectivity index (χ0) is 14.8. The van der Waals surface area contributed by atoms with Crippen LogP contribution in [0.3, 0.4) is 0 Å². The van der Waals surface area contributed by atoms with E-state index in [0.717, 1.165) is 5.19 Å². The van der Waals surface area contributed by atoms with Crippen molar-refractivity contribution in [1.82, 2.24) is 5.32 Å². The molecule has 0 bridgehead atoms. The fourth-order valence-electron chi connectivity index (χ4n) is 1.87. The van der Waals surface area contributed by atoms with Crippen LogP contribution in [0.2, 0.25) is 24.7 Å². The highest BCUT2D eigenvalue weighted by molar-refractivity contribution is 6.89. The Morgan fingerprint density at radius 1 is 1.32 bits per heavy atom. The molecule has 4 nitrogen and oxygen atoms in total. The lowest BCUT2D eigenvalue weighted by atomic mass is 10.1. The van der Waals surface area contributed by atoms with Gasteiger partial charge in [-0.15, -0.1) is 0 Å². The number of halogens is 1. The molecular weight excluding hydrogens is 282 g/mol. The number of amides is 1. The molecule has 0 fully saturated rings. The molecule has 0 radical (unpaired) electrons. The molecular formula is C13H18ClNO3Si. The van der Waals surface area contributed by atoms with E-state index in [1.807, 2.05) is 12.1 Å². The molecule has 1 atom stereocenters. The highest BCUT2D eigenvalue weighted by atomic mass is 35.5. The van der Waals surface area contributed by atoms with Crippen LogP contribution in [-0.2, 0) is 0 Å². The Bertz CT molecular complexity index is 511. The quantitative estimate of drug-likeness (QED) is 0.663. The van der Waals surface area contributed by atoms with Crippen LogP contribution in [-0.4, -0.2) is 31.1 Å². The van der Waals surface area contributed by atoms with Crippen molar-refractivity contribution in [2.75, 3.05) is 0 Å². The zero-order valence-corrected chi connectivity index (χ0v) is 13.2. The minimum atomic E-state index is -1.74. The van der Waals surface area contributed by atoms with E-state index in [9.17, 15) is 9.59 Å². The fraction of sp³-hybridized carbons (Fsp3) is 0.385. The molecule has 1 aromatic carbocycles. The summed E-state index contributed by atoms with van der Waals surface area (Å²) < 4.78 is 0. The molecule has 0 saturated carbocycles. The fourth-order valence-corrected chi connectivity index (χ4v) is 3.82. The van der Waals surface area contributed by atoms with Gasteiger partial charge < -0.3 is 10.4 Å². The van der Waals surface area contributed by atoms with Crippen molar-refractivity contribution < 1.29 is 14.7 Å². The molecule has 0 aromatic heterocycles. The van der Waals surface area contributed by atoms with Gasteiger partial charge in [0.05, 0.1) is 19.1 Å². The Labute approximate surface area is 118 Å². The molecule has 6 heteroatoms. The minimum Gasteiger partial charge on any atom is -0.465 e. The van der Waals surface area contributed by atoms with Crippen molar-refractivity contribution in [2.24, 2.45) is 0 Å². The van der Waals surface area contributed by atoms with Gasteiger partial charge in [0.15, 0.2) is 5.78 Å². The first-order chi connectivity index (χ1) is 8.64. The second-order valence-corrected chi connectivity index (χ2v) is 10.9. The van der Waals surface area contributed by atoms with Gasteiger partial charge >= 0.3 is 6.09 Å². The Hall–Kier alpha value is -1.33. The van der Waals surface area contributed by atoms with Crippen LogP contribution in [0.15, 0.2) is 18.2 Å². The maximum absolute atomic E-state index is 12.4. The third-order valence-corrected chi connectivity index (χ3v) is 5.15. The first-order valence-corrected chi connectivity index (χ1v) is 9.85. The Morgan fingerprint density at radius 2 is 1.89 bits per heavy atom. The summed E-state index contributed by atoms with van der Waals surface area (Å²) in [6.45, 7) is 7.87. The lowest BCUT2D eigenvalue weighted by Crippen LogP contribution is -2.45. The van der Waals surface area contributed by atoms with Gasteiger partial charge in [0.25, 0.3) is 0 Å². The lowest BCUT2D eigenvalue weighted by molar-refractivity contribution is 0.0946. The van der Waals surface area contributed by atoms with Crippen LogP contribution in [0.25, 0.3) is 0 Å². The van der Waals surface area contributed by atoms with E-state index in [4.69, 9.17) is 16.7 Å². The van der Waals surface area contributed by atoms with Crippen molar-refractivity contribution in [3.8, 4) is 0 Å². The molecule has 1 amide bonds. The van der Waals surface area contributed by atoms with E-state index in [0.29, 0.717) is 10.6 Å². The van der Waals surface area contributed by atoms with Crippen molar-refractivity contribution >= 4 is 36.7 Å². The van der Waals surface area contributed by atoms with Crippen molar-refractivity contribution in [2.45, 2.75) is 32.6 Å². The number of ketones is 1. The molecule has 0 saturated heterocycles. The topological polar surface area (TPSA) is 66.4 Å². The number of carbonyl (C=O) groups is 2. The largest absolute Gasteiger partial charge is 0.465 e. The van der Waals surface area contributed by atoms with Gasteiger partial charge in [-0.1, -0.05) is 43.4 Å². The summed E-state index contributed by atoms with van der Waals surface area (Å²) in [6.07, 6.45) is -1.22. The van der Waals surface area contributed by atoms with E-state index >= 15 is 0 Å². The van der Waals surface area contributed by atoms with E-state index in [-0.39, 0.29) is 5.78 Å². The molecule has 1 rings (SSSR count). The number of Topliss-reactive ketones (excluding diaryl/α,β-unsaturated/α-hetero) is 1. The summed E-state index contributed by atoms with van der Waals surface area (Å²) in [5.41, 5.74) is 0.449. The van der Waals surface area contributed by atoms with E-state index in [2.05, 4.69) is 25.0 Å². The summed E-state index contributed by atoms with van der Waals surface area (Å²) in [5.74, 6) is -0.287. The van der Waals surface area contributed by atoms with E-state index in [1.54, 1.807) is 6.07 Å². The highest BCUT2D eigenvalue weighted by Crippen LogP contribution is 2.19. The summed E-state index contributed by atoms with van der Waals surface area (Å²) in [7, 11) is -1.74. The van der Waals surface area contributed by atoms with Crippen LogP contribution in [0.1, 0.15) is 17.3 Å². The number of nitrogens with one attached hydrogen (secondary N) is 1. The van der Waals surface area contributed by atoms with Crippen LogP contribution in [0.4, 0.5) is 4.79 Å². The molecule has 2 N–H and O–H groups in total. The monoisotopic (exact) mass is 299 g/mol. The van der Waals surface area contributed by atoms with Crippen LogP contribution in [0.5, 0.6) is 0 Å². The number of rotatable bonds is 4. The third-order valence-electron chi connectivity index (χ3n) is 2.80. The third kappa shape index (κ3) is 3.81. The molecule has 0 aliphatic heterocycles. The number of hydrogen-bond acceptors (Lipinski definition) is 2. The Kier molecular flexibility index (Phi) is 4.76. The SMILES string of the molecule is CC(NC(=O)O)C(=O)c1c(Cl)cccc1[Si](C)(C)C. The minimum absolute atomic E-state index is 0.287. The number of hydrogen-bond donors (Lipinski definition) is 2. The van der Waals surface area contributed by atoms with Crippen LogP contribution >= 0.6 is 11.6 Å². The first kappa shape index (κ1) is 15.7. The number of carboxylic acid groups (broad SMARTS) is 1. The second kappa shape index (κ2) is 5.75. The van der Waals surface area contributed by atoms with Gasteiger partial charge in [-0.25, -0.2) is 4.79 Å². The highest BCUT2D eigenvalue weighted by Gasteiger charge is 2.28. The summed E-state index contributed by atoms with van der Waals surface area (Å²) >= 11 is 6.14. The second-order valence-electron chi connectivity index (χ2n) is 5.45. The van der Waals surface area contributed by atoms with Crippen LogP contribution < -0.4 is 10.5 Å². The van der Waals surface area contributed by atoms with E-state index in [1.165, 1.54) is 6.92 Å². The standard InChI is InChI=1S/C13H18ClNO3Si/c1-8(15-13(17)18)12(16)11-9(14)6-5-7-10(11)19(2,3)4/h5-8,15H,1-4H3,(H,17,18). The molecule has 0 aliphatic carbocycles. The molecule has 1 unspecified atom stereocenters. The van der Waals surface area contributed by atoms with Gasteiger partial charge in [0.2, 0.25) is 0 Å². The normalized spacial score (nSPS) is 12.9. The van der Waals surface area contributed by atoms with Gasteiger partial charge in [0.1, 0.15) is 0 Å². The maximum Gasteiger partial charge on any atom is 0.405 e. The predicted octanol–water partition coefficient (Wildman–Crippen LogP) is 2.72. The maximum atomic E-state index is 12.4. The lowest BCUT2D eigenvalue weighted by Gasteiger charge is -2.22. The summed E-state index contributed by atoms with van der Waals surface area (Å²) in [4.78, 5) is 23.0. The Balaban J connectivity index is 3.26. The van der Waals surface area contributed by atoms with Gasteiger partial charge in [-0.2, -0.15) is 0 Å². The number of carbonyl (C=O) groups excluding carboxylic acids is 1. The van der Waals surface area contributed by atoms with Crippen molar-refractivity contribution in [1.29, 1.82) is 0 Å². The average molecular weight is 300 g/mol. The van der Waals surface area contributed by atoms with Crippen molar-refractivity contribution in [3.05, 3.63) is 28.8 Å². The molecule has 19 heavy (non-hydrogen) atoms. The Morgan fingerprint density at radius 3 is 2.37 bits per heavy atom. The predicted molar refractivity (Wildman–Crippen MR) is 79.4 cm³/mol. The van der Waals surface area contributed by atoms with E-state index < -0.39 is 20.2 Å². The summed E-state index contributed by atoms with van der Waals surface area (Å²) in [5, 5.41) is 12.2. The van der Waals surface area contributed by atoms with Crippen LogP contribution in [0, 0.1) is 0 Å². The molecule has 104 valence electrons. The summed E-state index contributed by atoms with van der Waals surface area (Å²) in [6, 6.07) is 4.57. The molecule has 0 spiro atoms. The molecule has 0 heterocycles. The van der Waals surface area contributed by atoms with Gasteiger partial charge in [0, 0.05) is 5.56 Å². The molecule has 0 aliphatic rings. The number of benzene rings is 1. The average Bonchev–Trinajstić information content (AvgIpc) is 2.25. The van der Waals surface area contributed by atoms with Crippen molar-refractivity contribution in [3.63, 3.8) is 0 Å². The smallest absolute Gasteiger partial charge is 0.405 e. The molecule has 1 aromatic rings. The zero-order valence-electron chi connectivity index (χ0n) is 11.5. The first-order valence-electron chi connectivity index (χ1n) is 5.97. The van der Waals surface area contributed by atoms with Gasteiger partial charge in [-0.05, 0) is 18.2 Å². The van der Waals surface area contributed by atoms with Gasteiger partial charge in [-0.3, -0.25) is 4.79 Å².